The molecule has 0 aromatic heterocycles. The van der Waals surface area contributed by atoms with Crippen molar-refractivity contribution < 1.29 is 0 Å². The van der Waals surface area contributed by atoms with Gasteiger partial charge in [0.15, 0.2) is 0 Å². The summed E-state index contributed by atoms with van der Waals surface area (Å²) in [6.07, 6.45) is 8.79. The monoisotopic (exact) mass is 169 g/mol. The maximum atomic E-state index is 5.17. The lowest BCUT2D eigenvalue weighted by atomic mass is 10.3. The molecule has 11 heavy (non-hydrogen) atoms. The molecule has 1 rings (SSSR count). The molecule has 0 amide bonds. The van der Waals surface area contributed by atoms with Gasteiger partial charge in [-0.25, -0.2) is 0 Å². The summed E-state index contributed by atoms with van der Waals surface area (Å²) in [4.78, 5) is 0. The molecule has 1 nitrogen and oxygen atoms in total. The highest BCUT2D eigenvalue weighted by Crippen LogP contribution is 2.56. The third kappa shape index (κ3) is 1.25. The van der Waals surface area contributed by atoms with E-state index in [1.807, 2.05) is 0 Å². The molecule has 0 aliphatic heterocycles. The fourth-order valence-electron chi connectivity index (χ4n) is 1.38. The Labute approximate surface area is 69.8 Å². The van der Waals surface area contributed by atoms with Crippen molar-refractivity contribution in [2.75, 3.05) is 0 Å². The van der Waals surface area contributed by atoms with Gasteiger partial charge in [-0.2, -0.15) is 0 Å². The predicted octanol–water partition coefficient (Wildman–Crippen LogP) is 1.69. The van der Waals surface area contributed by atoms with Gasteiger partial charge in [0.05, 0.1) is 0 Å². The predicted molar refractivity (Wildman–Crippen MR) is 56.1 cm³/mol. The Morgan fingerprint density at radius 3 is 2.45 bits per heavy atom. The molecule has 1 fully saturated rings. The van der Waals surface area contributed by atoms with Crippen LogP contribution in [-0.2, 0) is 0 Å². The van der Waals surface area contributed by atoms with Gasteiger partial charge in [0, 0.05) is 10.8 Å². The molecule has 1 saturated carbocycles. The molecule has 0 unspecified atom stereocenters. The third-order valence-corrected chi connectivity index (χ3v) is 5.40. The largest absolute Gasteiger partial charge is 0.301 e. The molecule has 1 N–H and O–H groups in total. The molecular weight excluding hydrogens is 154 g/mol. The van der Waals surface area contributed by atoms with Gasteiger partial charge < -0.3 is 4.72 Å². The minimum absolute atomic E-state index is 0.347. The number of terminal acetylenes is 1. The first-order valence-corrected chi connectivity index (χ1v) is 5.76. The Morgan fingerprint density at radius 1 is 1.64 bits per heavy atom. The summed E-state index contributed by atoms with van der Waals surface area (Å²) in [7, 11) is -1.23. The van der Waals surface area contributed by atoms with E-state index in [1.165, 1.54) is 12.8 Å². The summed E-state index contributed by atoms with van der Waals surface area (Å²) in [6, 6.07) is 2.45. The van der Waals surface area contributed by atoms with Crippen molar-refractivity contribution in [1.82, 2.24) is 4.72 Å². The lowest BCUT2D eigenvalue weighted by Crippen LogP contribution is -2.16. The van der Waals surface area contributed by atoms with Crippen molar-refractivity contribution in [1.29, 1.82) is 0 Å². The average Bonchev–Trinajstić information content (AvgIpc) is 2.66. The molecular formula is C9H15NS. The molecule has 0 atom stereocenters. The van der Waals surface area contributed by atoms with Gasteiger partial charge in [-0.1, -0.05) is 25.1 Å². The zero-order valence-corrected chi connectivity index (χ0v) is 7.84. The van der Waals surface area contributed by atoms with E-state index < -0.39 is 9.39 Å². The number of nitrogens with one attached hydrogen (secondary N) is 1. The Balaban J connectivity index is 2.83. The second-order valence-corrected chi connectivity index (χ2v) is 6.00. The van der Waals surface area contributed by atoms with E-state index in [4.69, 9.17) is 6.42 Å². The quantitative estimate of drug-likeness (QED) is 0.385. The normalized spacial score (nSPS) is 20.4. The Hall–Kier alpha value is -0.550. The highest BCUT2D eigenvalue weighted by molar-refractivity contribution is 8.27. The molecule has 1 aliphatic carbocycles. The van der Waals surface area contributed by atoms with Crippen LogP contribution in [0.15, 0.2) is 0 Å². The number of rotatable bonds is 3. The van der Waals surface area contributed by atoms with Crippen molar-refractivity contribution in [2.24, 2.45) is 0 Å². The van der Waals surface area contributed by atoms with Crippen LogP contribution in [0, 0.1) is 12.5 Å². The van der Waals surface area contributed by atoms with Gasteiger partial charge in [0.2, 0.25) is 0 Å². The highest BCUT2D eigenvalue weighted by atomic mass is 32.2. The topological polar surface area (TPSA) is 12.0 Å². The summed E-state index contributed by atoms with van der Waals surface area (Å²) in [6.45, 7) is 2.18. The van der Waals surface area contributed by atoms with Crippen LogP contribution in [0.25, 0.3) is 0 Å². The minimum atomic E-state index is -1.23. The maximum Gasteiger partial charge on any atom is 0.0226 e. The first kappa shape index (κ1) is 8.55. The van der Waals surface area contributed by atoms with Gasteiger partial charge >= 0.3 is 0 Å². The van der Waals surface area contributed by atoms with Gasteiger partial charge in [0.25, 0.3) is 0 Å². The van der Waals surface area contributed by atoms with Crippen LogP contribution in [0.4, 0.5) is 0 Å². The number of hydrogen-bond donors (Lipinski definition) is 1. The van der Waals surface area contributed by atoms with Gasteiger partial charge in [-0.15, -0.1) is 9.39 Å². The minimum Gasteiger partial charge on any atom is -0.301 e. The van der Waals surface area contributed by atoms with E-state index >= 15 is 0 Å². The van der Waals surface area contributed by atoms with E-state index in [2.05, 4.69) is 29.4 Å². The van der Waals surface area contributed by atoms with Crippen molar-refractivity contribution in [3.8, 4) is 12.5 Å². The fourth-order valence-corrected chi connectivity index (χ4v) is 3.26. The lowest BCUT2D eigenvalue weighted by molar-refractivity contribution is 0.847. The maximum absolute atomic E-state index is 5.17. The Bertz CT molecular complexity index is 275. The second-order valence-electron chi connectivity index (χ2n) is 3.17. The highest BCUT2D eigenvalue weighted by Gasteiger charge is 2.44. The van der Waals surface area contributed by atoms with Crippen molar-refractivity contribution in [2.45, 2.75) is 30.9 Å². The van der Waals surface area contributed by atoms with Crippen LogP contribution >= 0.6 is 9.39 Å². The first-order valence-electron chi connectivity index (χ1n) is 3.79. The average molecular weight is 169 g/mol. The van der Waals surface area contributed by atoms with Gasteiger partial charge in [-0.05, 0) is 19.3 Å². The third-order valence-electron chi connectivity index (χ3n) is 2.54. The van der Waals surface area contributed by atoms with Gasteiger partial charge in [0.1, 0.15) is 0 Å². The molecule has 0 heterocycles. The summed E-state index contributed by atoms with van der Waals surface area (Å²) < 4.78 is 3.31. The summed E-state index contributed by atoms with van der Waals surface area (Å²) in [5, 5.41) is 0. The fraction of sp³-hybridized carbons (Fsp3) is 0.556. The van der Waals surface area contributed by atoms with Crippen molar-refractivity contribution in [3.63, 3.8) is 0 Å². The lowest BCUT2D eigenvalue weighted by Gasteiger charge is -2.23. The van der Waals surface area contributed by atoms with Crippen molar-refractivity contribution in [3.05, 3.63) is 0 Å². The molecule has 0 aromatic rings. The molecule has 62 valence electrons. The molecule has 1 aliphatic rings. The van der Waals surface area contributed by atoms with Crippen LogP contribution in [0.1, 0.15) is 26.2 Å². The first-order chi connectivity index (χ1) is 5.08. The zero-order valence-electron chi connectivity index (χ0n) is 7.02. The molecule has 0 radical (unpaired) electrons. The number of hydrogen-bond acceptors (Lipinski definition) is 1. The smallest absolute Gasteiger partial charge is 0.0226 e. The van der Waals surface area contributed by atoms with Crippen LogP contribution in [0.5, 0.6) is 0 Å². The van der Waals surface area contributed by atoms with Crippen LogP contribution in [0.3, 0.4) is 0 Å². The van der Waals surface area contributed by atoms with E-state index in [0.29, 0.717) is 4.75 Å². The molecule has 0 spiro atoms. The Kier molecular flexibility index (Phi) is 1.94. The summed E-state index contributed by atoms with van der Waals surface area (Å²) in [5.74, 6) is 8.17. The van der Waals surface area contributed by atoms with E-state index in [9.17, 15) is 0 Å². The van der Waals surface area contributed by atoms with E-state index in [1.54, 1.807) is 0 Å². The second kappa shape index (κ2) is 2.49. The van der Waals surface area contributed by atoms with Gasteiger partial charge in [-0.3, -0.25) is 0 Å². The summed E-state index contributed by atoms with van der Waals surface area (Å²) >= 11 is 0. The SMILES string of the molecule is C#CNS(=C)(=C)C1(CC)CC1. The molecule has 0 aromatic carbocycles. The Morgan fingerprint density at radius 2 is 2.18 bits per heavy atom. The van der Waals surface area contributed by atoms with E-state index in [0.717, 1.165) is 6.42 Å². The summed E-state index contributed by atoms with van der Waals surface area (Å²) in [5.41, 5.74) is 0. The van der Waals surface area contributed by atoms with Crippen LogP contribution in [-0.4, -0.2) is 16.5 Å². The standard InChI is InChI=1S/C9H15NS/c1-5-9(7-8-9)11(3,4)10-6-2/h2,10H,3-5,7-8H2,1H3. The van der Waals surface area contributed by atoms with Crippen LogP contribution in [0.2, 0.25) is 0 Å². The van der Waals surface area contributed by atoms with Crippen molar-refractivity contribution >= 4 is 21.1 Å². The van der Waals surface area contributed by atoms with E-state index in [-0.39, 0.29) is 0 Å². The molecule has 0 saturated heterocycles. The molecule has 2 heteroatoms. The zero-order chi connectivity index (χ0) is 8.54. The van der Waals surface area contributed by atoms with Crippen LogP contribution < -0.4 is 4.72 Å². The molecule has 0 bridgehead atoms.